The summed E-state index contributed by atoms with van der Waals surface area (Å²) >= 11 is 0. The summed E-state index contributed by atoms with van der Waals surface area (Å²) in [6.07, 6.45) is 7.37. The maximum Gasteiger partial charge on any atom is 0.240 e. The first-order valence-electron chi connectivity index (χ1n) is 6.84. The van der Waals surface area contributed by atoms with Gasteiger partial charge in [-0.05, 0) is 18.9 Å². The second kappa shape index (κ2) is 5.87. The molecule has 1 amide bonds. The summed E-state index contributed by atoms with van der Waals surface area (Å²) in [5.41, 5.74) is -0.0109. The van der Waals surface area contributed by atoms with E-state index in [4.69, 9.17) is 0 Å². The monoisotopic (exact) mass is 260 g/mol. The molecule has 5 heteroatoms. The Morgan fingerprint density at radius 1 is 1.47 bits per heavy atom. The first-order valence-corrected chi connectivity index (χ1v) is 6.84. The second-order valence-corrected chi connectivity index (χ2v) is 5.27. The molecule has 19 heavy (non-hydrogen) atoms. The van der Waals surface area contributed by atoms with Crippen LogP contribution in [0.5, 0.6) is 0 Å². The van der Waals surface area contributed by atoms with E-state index in [9.17, 15) is 10.1 Å². The van der Waals surface area contributed by atoms with Gasteiger partial charge in [-0.1, -0.05) is 25.7 Å². The molecule has 1 N–H and O–H groups in total. The molecule has 0 aliphatic heterocycles. The quantitative estimate of drug-likeness (QED) is 0.844. The zero-order valence-electron chi connectivity index (χ0n) is 11.4. The Bertz CT molecular complexity index is 478. The Kier molecular flexibility index (Phi) is 4.20. The van der Waals surface area contributed by atoms with E-state index in [1.165, 1.54) is 0 Å². The Labute approximate surface area is 113 Å². The molecule has 0 bridgehead atoms. The zero-order valence-corrected chi connectivity index (χ0v) is 11.4. The minimum Gasteiger partial charge on any atom is -0.349 e. The van der Waals surface area contributed by atoms with E-state index >= 15 is 0 Å². The van der Waals surface area contributed by atoms with E-state index in [1.807, 2.05) is 19.3 Å². The third-order valence-corrected chi connectivity index (χ3v) is 3.80. The highest BCUT2D eigenvalue weighted by molar-refractivity contribution is 5.85. The molecule has 0 saturated heterocycles. The maximum atomic E-state index is 12.3. The first kappa shape index (κ1) is 13.6. The van der Waals surface area contributed by atoms with E-state index in [1.54, 1.807) is 4.68 Å². The van der Waals surface area contributed by atoms with Crippen LogP contribution in [-0.2, 0) is 18.4 Å². The molecule has 1 heterocycles. The van der Waals surface area contributed by atoms with Crippen LogP contribution < -0.4 is 5.32 Å². The van der Waals surface area contributed by atoms with Gasteiger partial charge in [-0.15, -0.1) is 0 Å². The molecule has 1 saturated carbocycles. The van der Waals surface area contributed by atoms with Gasteiger partial charge < -0.3 is 5.32 Å². The van der Waals surface area contributed by atoms with Crippen molar-refractivity contribution in [1.82, 2.24) is 15.1 Å². The molecule has 1 aromatic rings. The number of nitrogens with zero attached hydrogens (tertiary/aromatic N) is 3. The highest BCUT2D eigenvalue weighted by Gasteiger charge is 2.38. The zero-order chi connectivity index (χ0) is 13.7. The molecule has 0 unspecified atom stereocenters. The SMILES string of the molecule is Cn1ccc(CNC(=O)C2(C#N)CCCCCC2)n1. The van der Waals surface area contributed by atoms with Crippen LogP contribution in [-0.4, -0.2) is 15.7 Å². The minimum absolute atomic E-state index is 0.137. The number of rotatable bonds is 3. The van der Waals surface area contributed by atoms with Crippen molar-refractivity contribution in [3.8, 4) is 6.07 Å². The molecule has 1 fully saturated rings. The van der Waals surface area contributed by atoms with E-state index in [0.29, 0.717) is 19.4 Å². The van der Waals surface area contributed by atoms with Crippen molar-refractivity contribution < 1.29 is 4.79 Å². The summed E-state index contributed by atoms with van der Waals surface area (Å²) < 4.78 is 1.70. The number of carbonyl (C=O) groups excluding carboxylic acids is 1. The fraction of sp³-hybridized carbons (Fsp3) is 0.643. The van der Waals surface area contributed by atoms with Gasteiger partial charge in [-0.3, -0.25) is 9.48 Å². The van der Waals surface area contributed by atoms with Gasteiger partial charge in [0.1, 0.15) is 5.41 Å². The van der Waals surface area contributed by atoms with Crippen molar-refractivity contribution in [3.05, 3.63) is 18.0 Å². The summed E-state index contributed by atoms with van der Waals surface area (Å²) in [5.74, 6) is -0.137. The molecule has 0 radical (unpaired) electrons. The molecule has 1 aliphatic rings. The molecule has 1 aromatic heterocycles. The number of nitriles is 1. The predicted molar refractivity (Wildman–Crippen MR) is 70.8 cm³/mol. The number of amides is 1. The lowest BCUT2D eigenvalue weighted by molar-refractivity contribution is -0.129. The molecular formula is C14H20N4O. The Morgan fingerprint density at radius 3 is 2.68 bits per heavy atom. The fourth-order valence-electron chi connectivity index (χ4n) is 2.62. The fourth-order valence-corrected chi connectivity index (χ4v) is 2.62. The molecule has 5 nitrogen and oxygen atoms in total. The van der Waals surface area contributed by atoms with E-state index in [2.05, 4.69) is 16.5 Å². The van der Waals surface area contributed by atoms with Crippen LogP contribution in [0.1, 0.15) is 44.2 Å². The highest BCUT2D eigenvalue weighted by atomic mass is 16.2. The van der Waals surface area contributed by atoms with Gasteiger partial charge in [0.15, 0.2) is 0 Å². The van der Waals surface area contributed by atoms with Crippen LogP contribution in [0, 0.1) is 16.7 Å². The average molecular weight is 260 g/mol. The average Bonchev–Trinajstić information content (AvgIpc) is 2.69. The van der Waals surface area contributed by atoms with Crippen molar-refractivity contribution in [2.75, 3.05) is 0 Å². The third-order valence-electron chi connectivity index (χ3n) is 3.80. The number of aromatic nitrogens is 2. The number of carbonyl (C=O) groups is 1. The van der Waals surface area contributed by atoms with Crippen molar-refractivity contribution >= 4 is 5.91 Å². The predicted octanol–water partition coefficient (Wildman–Crippen LogP) is 1.90. The smallest absolute Gasteiger partial charge is 0.240 e. The molecule has 0 atom stereocenters. The molecular weight excluding hydrogens is 240 g/mol. The Hall–Kier alpha value is -1.83. The van der Waals surface area contributed by atoms with Crippen molar-refractivity contribution in [3.63, 3.8) is 0 Å². The Balaban J connectivity index is 1.98. The topological polar surface area (TPSA) is 70.7 Å². The van der Waals surface area contributed by atoms with Gasteiger partial charge >= 0.3 is 0 Å². The lowest BCUT2D eigenvalue weighted by Crippen LogP contribution is -2.39. The number of nitrogens with one attached hydrogen (secondary N) is 1. The molecule has 102 valence electrons. The van der Waals surface area contributed by atoms with Crippen LogP contribution in [0.2, 0.25) is 0 Å². The minimum atomic E-state index is -0.828. The van der Waals surface area contributed by atoms with Gasteiger partial charge in [0.2, 0.25) is 5.91 Å². The van der Waals surface area contributed by atoms with Crippen LogP contribution >= 0.6 is 0 Å². The number of hydrogen-bond donors (Lipinski definition) is 1. The molecule has 2 rings (SSSR count). The van der Waals surface area contributed by atoms with Crippen molar-refractivity contribution in [1.29, 1.82) is 5.26 Å². The van der Waals surface area contributed by atoms with Crippen molar-refractivity contribution in [2.45, 2.75) is 45.1 Å². The summed E-state index contributed by atoms with van der Waals surface area (Å²) in [7, 11) is 1.84. The summed E-state index contributed by atoms with van der Waals surface area (Å²) in [6, 6.07) is 4.13. The highest BCUT2D eigenvalue weighted by Crippen LogP contribution is 2.34. The van der Waals surface area contributed by atoms with E-state index < -0.39 is 5.41 Å². The molecule has 0 spiro atoms. The normalized spacial score (nSPS) is 18.3. The van der Waals surface area contributed by atoms with Crippen LogP contribution in [0.25, 0.3) is 0 Å². The molecule has 0 aromatic carbocycles. The van der Waals surface area contributed by atoms with Gasteiger partial charge in [0, 0.05) is 13.2 Å². The summed E-state index contributed by atoms with van der Waals surface area (Å²) in [4.78, 5) is 12.3. The summed E-state index contributed by atoms with van der Waals surface area (Å²) in [5, 5.41) is 16.5. The first-order chi connectivity index (χ1) is 9.16. The maximum absolute atomic E-state index is 12.3. The second-order valence-electron chi connectivity index (χ2n) is 5.27. The van der Waals surface area contributed by atoms with Crippen LogP contribution in [0.15, 0.2) is 12.3 Å². The van der Waals surface area contributed by atoms with Crippen LogP contribution in [0.4, 0.5) is 0 Å². The largest absolute Gasteiger partial charge is 0.349 e. The van der Waals surface area contributed by atoms with E-state index in [-0.39, 0.29) is 5.91 Å². The van der Waals surface area contributed by atoms with Crippen LogP contribution in [0.3, 0.4) is 0 Å². The van der Waals surface area contributed by atoms with Crippen molar-refractivity contribution in [2.24, 2.45) is 12.5 Å². The number of hydrogen-bond acceptors (Lipinski definition) is 3. The summed E-state index contributed by atoms with van der Waals surface area (Å²) in [6.45, 7) is 0.392. The lowest BCUT2D eigenvalue weighted by atomic mass is 9.81. The lowest BCUT2D eigenvalue weighted by Gasteiger charge is -2.23. The third kappa shape index (κ3) is 3.14. The Morgan fingerprint density at radius 2 is 2.16 bits per heavy atom. The van der Waals surface area contributed by atoms with Gasteiger partial charge in [0.25, 0.3) is 0 Å². The number of aryl methyl sites for hydroxylation is 1. The standard InChI is InChI=1S/C14H20N4O/c1-18-9-6-12(17-18)10-16-13(19)14(11-15)7-4-2-3-5-8-14/h6,9H,2-5,7-8,10H2,1H3,(H,16,19). The van der Waals surface area contributed by atoms with Gasteiger partial charge in [-0.25, -0.2) is 0 Å². The molecule has 1 aliphatic carbocycles. The van der Waals surface area contributed by atoms with Gasteiger partial charge in [0.05, 0.1) is 18.3 Å². The van der Waals surface area contributed by atoms with Gasteiger partial charge in [-0.2, -0.15) is 10.4 Å². The van der Waals surface area contributed by atoms with E-state index in [0.717, 1.165) is 31.4 Å².